The van der Waals surface area contributed by atoms with E-state index in [1.807, 2.05) is 12.1 Å². The zero-order valence-electron chi connectivity index (χ0n) is 18.9. The first-order chi connectivity index (χ1) is 16.2. The highest BCUT2D eigenvalue weighted by atomic mass is 15.1. The summed E-state index contributed by atoms with van der Waals surface area (Å²) in [5.74, 6) is 0.844. The van der Waals surface area contributed by atoms with E-state index in [0.717, 1.165) is 28.8 Å². The molecule has 0 radical (unpaired) electrons. The number of hydrogen-bond donors (Lipinski definition) is 0. The maximum Gasteiger partial charge on any atom is 0.148 e. The van der Waals surface area contributed by atoms with Crippen molar-refractivity contribution in [3.8, 4) is 22.3 Å². The number of para-hydroxylation sites is 1. The van der Waals surface area contributed by atoms with Gasteiger partial charge in [0.05, 0.1) is 12.1 Å². The lowest BCUT2D eigenvalue weighted by atomic mass is 9.93. The van der Waals surface area contributed by atoms with Crippen molar-refractivity contribution in [1.29, 1.82) is 0 Å². The van der Waals surface area contributed by atoms with Crippen LogP contribution in [0.1, 0.15) is 22.6 Å². The van der Waals surface area contributed by atoms with E-state index in [4.69, 9.17) is 9.97 Å². The van der Waals surface area contributed by atoms with Crippen LogP contribution in [0.4, 0.5) is 5.69 Å². The van der Waals surface area contributed by atoms with Gasteiger partial charge in [-0.1, -0.05) is 78.9 Å². The van der Waals surface area contributed by atoms with E-state index in [1.165, 1.54) is 39.1 Å². The number of nitrogens with zero attached hydrogens (tertiary/aromatic N) is 3. The smallest absolute Gasteiger partial charge is 0.148 e. The van der Waals surface area contributed by atoms with Crippen LogP contribution in [0.5, 0.6) is 0 Å². The molecule has 1 aliphatic rings. The van der Waals surface area contributed by atoms with Crippen molar-refractivity contribution >= 4 is 16.6 Å². The molecule has 0 fully saturated rings. The zero-order chi connectivity index (χ0) is 22.4. The van der Waals surface area contributed by atoms with Crippen molar-refractivity contribution in [3.05, 3.63) is 114 Å². The summed E-state index contributed by atoms with van der Waals surface area (Å²) < 4.78 is 0. The Kier molecular flexibility index (Phi) is 4.69. The fraction of sp³-hybridized carbons (Fsp3) is 0.133. The largest absolute Gasteiger partial charge is 0.367 e. The van der Waals surface area contributed by atoms with E-state index in [-0.39, 0.29) is 0 Å². The van der Waals surface area contributed by atoms with E-state index in [1.54, 1.807) is 0 Å². The summed E-state index contributed by atoms with van der Waals surface area (Å²) >= 11 is 0. The molecule has 3 nitrogen and oxygen atoms in total. The van der Waals surface area contributed by atoms with Gasteiger partial charge in [-0.05, 0) is 53.3 Å². The standard InChI is InChI=1S/C30H25N3/c1-20-23-13-8-9-15-27(23)32-29(31-20)19-33(2)28-17-16-25-24-14-7-6-12-22(24)18-26(25)30(28)21-10-4-3-5-11-21/h3-17H,18-19H2,1-2H3. The summed E-state index contributed by atoms with van der Waals surface area (Å²) in [7, 11) is 2.14. The van der Waals surface area contributed by atoms with Gasteiger partial charge in [-0.2, -0.15) is 0 Å². The van der Waals surface area contributed by atoms with Crippen LogP contribution < -0.4 is 4.90 Å². The third-order valence-electron chi connectivity index (χ3n) is 6.66. The Morgan fingerprint density at radius 1 is 0.758 bits per heavy atom. The third kappa shape index (κ3) is 3.37. The van der Waals surface area contributed by atoms with Crippen molar-refractivity contribution in [1.82, 2.24) is 9.97 Å². The van der Waals surface area contributed by atoms with Crippen LogP contribution in [0.3, 0.4) is 0 Å². The Balaban J connectivity index is 1.46. The molecule has 0 saturated heterocycles. The Morgan fingerprint density at radius 2 is 1.52 bits per heavy atom. The molecule has 0 amide bonds. The van der Waals surface area contributed by atoms with Crippen molar-refractivity contribution in [2.45, 2.75) is 19.9 Å². The molecule has 0 unspecified atom stereocenters. The highest BCUT2D eigenvalue weighted by Gasteiger charge is 2.25. The van der Waals surface area contributed by atoms with Crippen LogP contribution in [-0.2, 0) is 13.0 Å². The molecule has 4 aromatic carbocycles. The monoisotopic (exact) mass is 427 g/mol. The molecule has 0 aliphatic heterocycles. The molecule has 0 spiro atoms. The second kappa shape index (κ2) is 7.86. The molecule has 0 atom stereocenters. The highest BCUT2D eigenvalue weighted by molar-refractivity contribution is 5.91. The molecule has 6 rings (SSSR count). The first kappa shape index (κ1) is 19.7. The molecule has 0 saturated carbocycles. The quantitative estimate of drug-likeness (QED) is 0.309. The molecule has 0 N–H and O–H groups in total. The molecule has 1 aromatic heterocycles. The van der Waals surface area contributed by atoms with E-state index in [9.17, 15) is 0 Å². The number of aromatic nitrogens is 2. The summed E-state index contributed by atoms with van der Waals surface area (Å²) in [6.07, 6.45) is 0.961. The molecule has 1 aliphatic carbocycles. The SMILES string of the molecule is Cc1nc(CN(C)c2ccc3c(c2-c2ccccc2)Cc2ccccc2-3)nc2ccccc12. The van der Waals surface area contributed by atoms with Crippen molar-refractivity contribution in [2.75, 3.05) is 11.9 Å². The summed E-state index contributed by atoms with van der Waals surface area (Å²) in [5.41, 5.74) is 11.3. The Labute approximate surface area is 194 Å². The van der Waals surface area contributed by atoms with Gasteiger partial charge in [0, 0.05) is 29.4 Å². The number of rotatable bonds is 4. The van der Waals surface area contributed by atoms with Gasteiger partial charge in [0.15, 0.2) is 0 Å². The Hall–Kier alpha value is -3.98. The molecule has 1 heterocycles. The van der Waals surface area contributed by atoms with E-state index in [2.05, 4.69) is 97.7 Å². The lowest BCUT2D eigenvalue weighted by Crippen LogP contribution is -2.20. The van der Waals surface area contributed by atoms with Gasteiger partial charge in [-0.25, -0.2) is 9.97 Å². The Bertz CT molecular complexity index is 1490. The third-order valence-corrected chi connectivity index (χ3v) is 6.66. The summed E-state index contributed by atoms with van der Waals surface area (Å²) in [6.45, 7) is 2.72. The predicted molar refractivity (Wildman–Crippen MR) is 137 cm³/mol. The molecule has 160 valence electrons. The minimum atomic E-state index is 0.650. The average molecular weight is 428 g/mol. The van der Waals surface area contributed by atoms with Gasteiger partial charge in [0.25, 0.3) is 0 Å². The average Bonchev–Trinajstić information content (AvgIpc) is 3.23. The molecule has 0 bridgehead atoms. The maximum absolute atomic E-state index is 4.86. The minimum absolute atomic E-state index is 0.650. The number of aryl methyl sites for hydroxylation is 1. The van der Waals surface area contributed by atoms with Gasteiger partial charge < -0.3 is 4.90 Å². The van der Waals surface area contributed by atoms with Crippen molar-refractivity contribution in [3.63, 3.8) is 0 Å². The second-order valence-corrected chi connectivity index (χ2v) is 8.78. The lowest BCUT2D eigenvalue weighted by molar-refractivity contribution is 0.840. The molecule has 3 heteroatoms. The number of hydrogen-bond acceptors (Lipinski definition) is 3. The molecule has 5 aromatic rings. The van der Waals surface area contributed by atoms with Crippen molar-refractivity contribution < 1.29 is 0 Å². The fourth-order valence-corrected chi connectivity index (χ4v) is 5.11. The predicted octanol–water partition coefficient (Wildman–Crippen LogP) is 6.81. The van der Waals surface area contributed by atoms with Gasteiger partial charge in [0.1, 0.15) is 5.82 Å². The number of benzene rings is 4. The number of fused-ring (bicyclic) bond motifs is 4. The first-order valence-electron chi connectivity index (χ1n) is 11.4. The van der Waals surface area contributed by atoms with Crippen LogP contribution >= 0.6 is 0 Å². The van der Waals surface area contributed by atoms with Crippen LogP contribution in [0.2, 0.25) is 0 Å². The molecular formula is C30H25N3. The first-order valence-corrected chi connectivity index (χ1v) is 11.4. The lowest BCUT2D eigenvalue weighted by Gasteiger charge is -2.24. The van der Waals surface area contributed by atoms with Gasteiger partial charge in [-0.3, -0.25) is 0 Å². The van der Waals surface area contributed by atoms with Crippen LogP contribution in [0.25, 0.3) is 33.2 Å². The Morgan fingerprint density at radius 3 is 2.39 bits per heavy atom. The van der Waals surface area contributed by atoms with E-state index in [0.29, 0.717) is 6.54 Å². The van der Waals surface area contributed by atoms with Crippen LogP contribution in [0, 0.1) is 6.92 Å². The maximum atomic E-state index is 4.86. The second-order valence-electron chi connectivity index (χ2n) is 8.78. The highest BCUT2D eigenvalue weighted by Crippen LogP contribution is 2.45. The van der Waals surface area contributed by atoms with Crippen LogP contribution in [-0.4, -0.2) is 17.0 Å². The minimum Gasteiger partial charge on any atom is -0.367 e. The summed E-state index contributed by atoms with van der Waals surface area (Å²) in [4.78, 5) is 12.0. The topological polar surface area (TPSA) is 29.0 Å². The van der Waals surface area contributed by atoms with Crippen LogP contribution in [0.15, 0.2) is 91.0 Å². The van der Waals surface area contributed by atoms with Gasteiger partial charge >= 0.3 is 0 Å². The zero-order valence-corrected chi connectivity index (χ0v) is 18.9. The molecular weight excluding hydrogens is 402 g/mol. The fourth-order valence-electron chi connectivity index (χ4n) is 5.11. The van der Waals surface area contributed by atoms with Gasteiger partial charge in [0.2, 0.25) is 0 Å². The number of anilines is 1. The van der Waals surface area contributed by atoms with Crippen molar-refractivity contribution in [2.24, 2.45) is 0 Å². The normalized spacial score (nSPS) is 11.9. The summed E-state index contributed by atoms with van der Waals surface area (Å²) in [6, 6.07) is 32.3. The van der Waals surface area contributed by atoms with E-state index >= 15 is 0 Å². The van der Waals surface area contributed by atoms with E-state index < -0.39 is 0 Å². The summed E-state index contributed by atoms with van der Waals surface area (Å²) in [5, 5.41) is 1.11. The van der Waals surface area contributed by atoms with Gasteiger partial charge in [-0.15, -0.1) is 0 Å². The molecule has 33 heavy (non-hydrogen) atoms.